The van der Waals surface area contributed by atoms with Crippen molar-refractivity contribution in [3.63, 3.8) is 0 Å². The third-order valence-corrected chi connectivity index (χ3v) is 5.38. The molecule has 1 aliphatic heterocycles. The van der Waals surface area contributed by atoms with Gasteiger partial charge < -0.3 is 9.64 Å². The van der Waals surface area contributed by atoms with Crippen LogP contribution in [-0.2, 0) is 11.3 Å². The van der Waals surface area contributed by atoms with Gasteiger partial charge in [0.05, 0.1) is 5.56 Å². The molecule has 1 saturated heterocycles. The second-order valence-electron chi connectivity index (χ2n) is 7.34. The lowest BCUT2D eigenvalue weighted by atomic mass is 10.1. The Morgan fingerprint density at radius 3 is 2.62 bits per heavy atom. The van der Waals surface area contributed by atoms with Crippen LogP contribution in [0.4, 0.5) is 4.39 Å². The van der Waals surface area contributed by atoms with Crippen LogP contribution in [0.15, 0.2) is 42.5 Å². The number of nitriles is 1. The molecule has 0 saturated carbocycles. The largest absolute Gasteiger partial charge is 0.482 e. The van der Waals surface area contributed by atoms with Crippen LogP contribution < -0.4 is 4.74 Å². The van der Waals surface area contributed by atoms with E-state index in [4.69, 9.17) is 16.3 Å². The first-order valence-corrected chi connectivity index (χ1v) is 9.85. The molecule has 1 amide bonds. The minimum absolute atomic E-state index is 0.0170. The van der Waals surface area contributed by atoms with Gasteiger partial charge >= 0.3 is 0 Å². The van der Waals surface area contributed by atoms with Crippen LogP contribution in [0.5, 0.6) is 5.75 Å². The van der Waals surface area contributed by atoms with Crippen molar-refractivity contribution in [2.75, 3.05) is 19.7 Å². The van der Waals surface area contributed by atoms with Crippen molar-refractivity contribution >= 4 is 17.5 Å². The number of piperazine rings is 1. The quantitative estimate of drug-likeness (QED) is 0.744. The van der Waals surface area contributed by atoms with E-state index in [-0.39, 0.29) is 30.4 Å². The molecule has 2 aromatic carbocycles. The van der Waals surface area contributed by atoms with Crippen LogP contribution in [0.25, 0.3) is 0 Å². The van der Waals surface area contributed by atoms with Gasteiger partial charge in [-0.3, -0.25) is 9.69 Å². The van der Waals surface area contributed by atoms with Crippen molar-refractivity contribution in [2.24, 2.45) is 0 Å². The molecule has 0 aromatic heterocycles. The number of carbonyl (C=O) groups excluding carboxylic acids is 1. The number of rotatable bonds is 5. The van der Waals surface area contributed by atoms with E-state index in [9.17, 15) is 14.4 Å². The lowest BCUT2D eigenvalue weighted by Crippen LogP contribution is -2.58. The summed E-state index contributed by atoms with van der Waals surface area (Å²) in [7, 11) is 0. The molecule has 29 heavy (non-hydrogen) atoms. The smallest absolute Gasteiger partial charge is 0.260 e. The molecule has 0 spiro atoms. The Kier molecular flexibility index (Phi) is 6.73. The number of nitrogens with zero attached hydrogens (tertiary/aromatic N) is 3. The molecule has 0 unspecified atom stereocenters. The Balaban J connectivity index is 1.58. The number of amides is 1. The van der Waals surface area contributed by atoms with Crippen molar-refractivity contribution in [2.45, 2.75) is 32.5 Å². The molecule has 0 radical (unpaired) electrons. The van der Waals surface area contributed by atoms with Crippen LogP contribution in [0, 0.1) is 17.1 Å². The summed E-state index contributed by atoms with van der Waals surface area (Å²) in [6.07, 6.45) is 0. The molecule has 5 nitrogen and oxygen atoms in total. The Labute approximate surface area is 175 Å². The maximum Gasteiger partial charge on any atom is 0.260 e. The lowest BCUT2D eigenvalue weighted by Gasteiger charge is -2.44. The standard InChI is InChI=1S/C22H23ClFN3O2/c1-15-12-27(16(2)11-26(15)13-17-3-6-20(24)7-4-17)22(28)14-29-21-8-5-19(23)9-18(21)10-25/h3-9,15-16H,11-14H2,1-2H3/t15-,16+/m0/s1. The van der Waals surface area contributed by atoms with E-state index in [1.54, 1.807) is 24.3 Å². The van der Waals surface area contributed by atoms with Crippen molar-refractivity contribution < 1.29 is 13.9 Å². The molecule has 3 rings (SSSR count). The molecule has 1 heterocycles. The number of carbonyl (C=O) groups is 1. The van der Waals surface area contributed by atoms with E-state index in [1.165, 1.54) is 18.2 Å². The Bertz CT molecular complexity index is 913. The molecule has 1 aliphatic rings. The first kappa shape index (κ1) is 21.1. The third-order valence-electron chi connectivity index (χ3n) is 5.15. The number of halogens is 2. The van der Waals surface area contributed by atoms with E-state index < -0.39 is 0 Å². The highest BCUT2D eigenvalue weighted by Gasteiger charge is 2.32. The molecule has 1 fully saturated rings. The first-order valence-electron chi connectivity index (χ1n) is 9.47. The highest BCUT2D eigenvalue weighted by atomic mass is 35.5. The molecule has 2 aromatic rings. The summed E-state index contributed by atoms with van der Waals surface area (Å²) in [6, 6.07) is 13.4. The number of ether oxygens (including phenoxy) is 1. The Morgan fingerprint density at radius 2 is 1.93 bits per heavy atom. The van der Waals surface area contributed by atoms with Gasteiger partial charge in [0.15, 0.2) is 6.61 Å². The molecular weight excluding hydrogens is 393 g/mol. The topological polar surface area (TPSA) is 56.6 Å². The van der Waals surface area contributed by atoms with Gasteiger partial charge in [0, 0.05) is 36.7 Å². The SMILES string of the molecule is C[C@@H]1CN(Cc2ccc(F)cc2)[C@@H](C)CN1C(=O)COc1ccc(Cl)cc1C#N. The number of hydrogen-bond acceptors (Lipinski definition) is 4. The normalized spacial score (nSPS) is 19.6. The molecule has 0 N–H and O–H groups in total. The van der Waals surface area contributed by atoms with Crippen LogP contribution in [0.2, 0.25) is 5.02 Å². The highest BCUT2D eigenvalue weighted by Crippen LogP contribution is 2.23. The van der Waals surface area contributed by atoms with Crippen LogP contribution in [0.1, 0.15) is 25.0 Å². The van der Waals surface area contributed by atoms with E-state index in [0.29, 0.717) is 36.0 Å². The summed E-state index contributed by atoms with van der Waals surface area (Å²) in [6.45, 7) is 5.95. The summed E-state index contributed by atoms with van der Waals surface area (Å²) >= 11 is 5.89. The van der Waals surface area contributed by atoms with Crippen molar-refractivity contribution in [3.05, 3.63) is 64.4 Å². The predicted molar refractivity (Wildman–Crippen MR) is 109 cm³/mol. The summed E-state index contributed by atoms with van der Waals surface area (Å²) < 4.78 is 18.7. The van der Waals surface area contributed by atoms with E-state index in [1.807, 2.05) is 17.9 Å². The predicted octanol–water partition coefficient (Wildman–Crippen LogP) is 3.85. The fraction of sp³-hybridized carbons (Fsp3) is 0.364. The number of benzene rings is 2. The van der Waals surface area contributed by atoms with E-state index >= 15 is 0 Å². The zero-order valence-corrected chi connectivity index (χ0v) is 17.2. The van der Waals surface area contributed by atoms with Gasteiger partial charge in [-0.15, -0.1) is 0 Å². The van der Waals surface area contributed by atoms with Crippen LogP contribution >= 0.6 is 11.6 Å². The minimum atomic E-state index is -0.245. The van der Waals surface area contributed by atoms with Crippen molar-refractivity contribution in [1.29, 1.82) is 5.26 Å². The molecule has 7 heteroatoms. The summed E-state index contributed by atoms with van der Waals surface area (Å²) in [5.41, 5.74) is 1.34. The Morgan fingerprint density at radius 1 is 1.21 bits per heavy atom. The van der Waals surface area contributed by atoms with Crippen molar-refractivity contribution in [1.82, 2.24) is 9.80 Å². The van der Waals surface area contributed by atoms with Gasteiger partial charge in [0.2, 0.25) is 0 Å². The average Bonchev–Trinajstić information content (AvgIpc) is 2.70. The minimum Gasteiger partial charge on any atom is -0.482 e. The number of hydrogen-bond donors (Lipinski definition) is 0. The van der Waals surface area contributed by atoms with Crippen LogP contribution in [0.3, 0.4) is 0 Å². The third kappa shape index (κ3) is 5.26. The van der Waals surface area contributed by atoms with Crippen molar-refractivity contribution in [3.8, 4) is 11.8 Å². The lowest BCUT2D eigenvalue weighted by molar-refractivity contribution is -0.139. The van der Waals surface area contributed by atoms with Gasteiger partial charge in [-0.2, -0.15) is 5.26 Å². The second kappa shape index (κ2) is 9.25. The van der Waals surface area contributed by atoms with E-state index in [2.05, 4.69) is 11.8 Å². The highest BCUT2D eigenvalue weighted by molar-refractivity contribution is 6.30. The molecule has 0 aliphatic carbocycles. The monoisotopic (exact) mass is 415 g/mol. The molecule has 0 bridgehead atoms. The maximum absolute atomic E-state index is 13.1. The average molecular weight is 416 g/mol. The second-order valence-corrected chi connectivity index (χ2v) is 7.78. The Hall–Kier alpha value is -2.62. The molecule has 152 valence electrons. The van der Waals surface area contributed by atoms with E-state index in [0.717, 1.165) is 5.56 Å². The van der Waals surface area contributed by atoms with Crippen LogP contribution in [-0.4, -0.2) is 47.5 Å². The fourth-order valence-corrected chi connectivity index (χ4v) is 3.70. The summed E-state index contributed by atoms with van der Waals surface area (Å²) in [5, 5.41) is 9.63. The maximum atomic E-state index is 13.1. The van der Waals surface area contributed by atoms with Gasteiger partial charge in [0.25, 0.3) is 5.91 Å². The van der Waals surface area contributed by atoms with Gasteiger partial charge in [-0.25, -0.2) is 4.39 Å². The zero-order valence-electron chi connectivity index (χ0n) is 16.4. The van der Waals surface area contributed by atoms with Gasteiger partial charge in [0.1, 0.15) is 17.6 Å². The summed E-state index contributed by atoms with van der Waals surface area (Å²) in [4.78, 5) is 16.8. The molecular formula is C22H23ClFN3O2. The fourth-order valence-electron chi connectivity index (χ4n) is 3.53. The van der Waals surface area contributed by atoms with Gasteiger partial charge in [-0.05, 0) is 49.7 Å². The summed E-state index contributed by atoms with van der Waals surface area (Å²) in [5.74, 6) is -0.0173. The zero-order chi connectivity index (χ0) is 21.0. The first-order chi connectivity index (χ1) is 13.9. The molecule has 2 atom stereocenters. The van der Waals surface area contributed by atoms with Gasteiger partial charge in [-0.1, -0.05) is 23.7 Å².